The number of amides is 2. The second-order valence-electron chi connectivity index (χ2n) is 5.13. The first-order chi connectivity index (χ1) is 10.2. The number of hydrogen-bond donors (Lipinski definition) is 0. The summed E-state index contributed by atoms with van der Waals surface area (Å²) >= 11 is 0. The van der Waals surface area contributed by atoms with Crippen LogP contribution in [0.2, 0.25) is 0 Å². The van der Waals surface area contributed by atoms with E-state index in [4.69, 9.17) is 9.47 Å². The van der Waals surface area contributed by atoms with E-state index in [0.29, 0.717) is 56.5 Å². The molecule has 0 spiro atoms. The minimum Gasteiger partial charge on any atom is -0.486 e. The number of hydrogen-bond acceptors (Lipinski definition) is 4. The summed E-state index contributed by atoms with van der Waals surface area (Å²) in [5.41, 5.74) is 0.531. The average molecular weight is 290 g/mol. The van der Waals surface area contributed by atoms with Crippen LogP contribution < -0.4 is 9.47 Å². The predicted molar refractivity (Wildman–Crippen MR) is 75.6 cm³/mol. The molecule has 0 bridgehead atoms. The minimum atomic E-state index is -0.0689. The van der Waals surface area contributed by atoms with Gasteiger partial charge < -0.3 is 19.3 Å². The van der Waals surface area contributed by atoms with Crippen molar-refractivity contribution in [2.45, 2.75) is 6.92 Å². The Kier molecular flexibility index (Phi) is 3.68. The highest BCUT2D eigenvalue weighted by Gasteiger charge is 2.27. The Morgan fingerprint density at radius 3 is 2.38 bits per heavy atom. The number of rotatable bonds is 1. The van der Waals surface area contributed by atoms with Gasteiger partial charge in [-0.25, -0.2) is 0 Å². The lowest BCUT2D eigenvalue weighted by atomic mass is 10.1. The van der Waals surface area contributed by atoms with Crippen LogP contribution in [0.1, 0.15) is 17.3 Å². The molecule has 0 atom stereocenters. The van der Waals surface area contributed by atoms with Crippen LogP contribution in [-0.4, -0.2) is 61.0 Å². The maximum atomic E-state index is 12.6. The summed E-state index contributed by atoms with van der Waals surface area (Å²) in [5.74, 6) is 1.13. The van der Waals surface area contributed by atoms with E-state index in [1.165, 1.54) is 0 Å². The van der Waals surface area contributed by atoms with Crippen LogP contribution in [-0.2, 0) is 4.79 Å². The van der Waals surface area contributed by atoms with Crippen LogP contribution >= 0.6 is 0 Å². The van der Waals surface area contributed by atoms with Gasteiger partial charge in [0.2, 0.25) is 5.91 Å². The SMILES string of the molecule is CC(=O)N1CCN(C(=O)c2cccc3c2OCCO3)CC1. The van der Waals surface area contributed by atoms with Crippen molar-refractivity contribution < 1.29 is 19.1 Å². The van der Waals surface area contributed by atoms with Gasteiger partial charge in [-0.15, -0.1) is 0 Å². The number of carbonyl (C=O) groups is 2. The van der Waals surface area contributed by atoms with Crippen LogP contribution in [0.15, 0.2) is 18.2 Å². The van der Waals surface area contributed by atoms with Crippen LogP contribution in [0.25, 0.3) is 0 Å². The van der Waals surface area contributed by atoms with E-state index in [2.05, 4.69) is 0 Å². The lowest BCUT2D eigenvalue weighted by molar-refractivity contribution is -0.130. The molecule has 1 saturated heterocycles. The molecule has 0 N–H and O–H groups in total. The Balaban J connectivity index is 1.76. The summed E-state index contributed by atoms with van der Waals surface area (Å²) in [6.07, 6.45) is 0. The summed E-state index contributed by atoms with van der Waals surface area (Å²) in [5, 5.41) is 0. The van der Waals surface area contributed by atoms with Crippen LogP contribution in [0.4, 0.5) is 0 Å². The summed E-state index contributed by atoms with van der Waals surface area (Å²) in [6.45, 7) is 4.75. The summed E-state index contributed by atoms with van der Waals surface area (Å²) in [6, 6.07) is 5.36. The summed E-state index contributed by atoms with van der Waals surface area (Å²) in [7, 11) is 0. The molecule has 0 aliphatic carbocycles. The average Bonchev–Trinajstić information content (AvgIpc) is 2.53. The van der Waals surface area contributed by atoms with E-state index >= 15 is 0 Å². The molecule has 112 valence electrons. The van der Waals surface area contributed by atoms with Gasteiger partial charge in [-0.2, -0.15) is 0 Å². The van der Waals surface area contributed by atoms with Gasteiger partial charge in [0.15, 0.2) is 11.5 Å². The molecular formula is C15H18N2O4. The number of para-hydroxylation sites is 1. The molecule has 2 amide bonds. The Morgan fingerprint density at radius 1 is 1.00 bits per heavy atom. The van der Waals surface area contributed by atoms with Crippen LogP contribution in [0.3, 0.4) is 0 Å². The molecule has 1 aromatic rings. The van der Waals surface area contributed by atoms with Crippen LogP contribution in [0.5, 0.6) is 11.5 Å². The number of benzene rings is 1. The van der Waals surface area contributed by atoms with E-state index < -0.39 is 0 Å². The van der Waals surface area contributed by atoms with Crippen molar-refractivity contribution in [3.63, 3.8) is 0 Å². The van der Waals surface area contributed by atoms with E-state index in [0.717, 1.165) is 0 Å². The van der Waals surface area contributed by atoms with Gasteiger partial charge in [-0.05, 0) is 12.1 Å². The fraction of sp³-hybridized carbons (Fsp3) is 0.467. The first-order valence-corrected chi connectivity index (χ1v) is 7.10. The Labute approximate surface area is 123 Å². The van der Waals surface area contributed by atoms with E-state index in [9.17, 15) is 9.59 Å². The third kappa shape index (κ3) is 2.66. The van der Waals surface area contributed by atoms with E-state index in [1.807, 2.05) is 0 Å². The molecule has 3 rings (SSSR count). The molecule has 0 aromatic heterocycles. The molecule has 0 radical (unpaired) electrons. The fourth-order valence-corrected chi connectivity index (χ4v) is 2.64. The topological polar surface area (TPSA) is 59.1 Å². The standard InChI is InChI=1S/C15H18N2O4/c1-11(18)16-5-7-17(8-6-16)15(19)12-3-2-4-13-14(12)21-10-9-20-13/h2-4H,5-10H2,1H3. The maximum absolute atomic E-state index is 12.6. The first-order valence-electron chi connectivity index (χ1n) is 7.10. The molecule has 0 saturated carbocycles. The first kappa shape index (κ1) is 13.7. The lowest BCUT2D eigenvalue weighted by Gasteiger charge is -2.34. The monoisotopic (exact) mass is 290 g/mol. The Bertz CT molecular complexity index is 565. The van der Waals surface area contributed by atoms with E-state index in [1.54, 1.807) is 34.9 Å². The molecule has 0 unspecified atom stereocenters. The predicted octanol–water partition coefficient (Wildman–Crippen LogP) is 0.762. The fourth-order valence-electron chi connectivity index (χ4n) is 2.64. The molecule has 1 aromatic carbocycles. The second kappa shape index (κ2) is 5.63. The third-order valence-corrected chi connectivity index (χ3v) is 3.81. The number of nitrogens with zero attached hydrogens (tertiary/aromatic N) is 2. The molecule has 21 heavy (non-hydrogen) atoms. The van der Waals surface area contributed by atoms with Crippen molar-refractivity contribution in [1.29, 1.82) is 0 Å². The molecule has 6 nitrogen and oxygen atoms in total. The van der Waals surface area contributed by atoms with Crippen molar-refractivity contribution >= 4 is 11.8 Å². The van der Waals surface area contributed by atoms with Crippen molar-refractivity contribution in [3.8, 4) is 11.5 Å². The van der Waals surface area contributed by atoms with Crippen LogP contribution in [0, 0.1) is 0 Å². The molecule has 2 aliphatic rings. The van der Waals surface area contributed by atoms with Gasteiger partial charge in [-0.3, -0.25) is 9.59 Å². The van der Waals surface area contributed by atoms with Crippen molar-refractivity contribution in [3.05, 3.63) is 23.8 Å². The van der Waals surface area contributed by atoms with Crippen molar-refractivity contribution in [2.24, 2.45) is 0 Å². The van der Waals surface area contributed by atoms with Gasteiger partial charge in [0, 0.05) is 33.1 Å². The number of fused-ring (bicyclic) bond motifs is 1. The van der Waals surface area contributed by atoms with Gasteiger partial charge in [0.05, 0.1) is 5.56 Å². The quantitative estimate of drug-likeness (QED) is 0.766. The largest absolute Gasteiger partial charge is 0.486 e. The zero-order valence-electron chi connectivity index (χ0n) is 12.0. The molecule has 2 heterocycles. The Hall–Kier alpha value is -2.24. The van der Waals surface area contributed by atoms with Crippen molar-refractivity contribution in [1.82, 2.24) is 9.80 Å². The van der Waals surface area contributed by atoms with Gasteiger partial charge in [0.1, 0.15) is 13.2 Å². The van der Waals surface area contributed by atoms with E-state index in [-0.39, 0.29) is 11.8 Å². The molecular weight excluding hydrogens is 272 g/mol. The second-order valence-corrected chi connectivity index (χ2v) is 5.13. The van der Waals surface area contributed by atoms with Gasteiger partial charge in [0.25, 0.3) is 5.91 Å². The zero-order chi connectivity index (χ0) is 14.8. The van der Waals surface area contributed by atoms with Crippen molar-refractivity contribution in [2.75, 3.05) is 39.4 Å². The lowest BCUT2D eigenvalue weighted by Crippen LogP contribution is -2.50. The highest BCUT2D eigenvalue weighted by atomic mass is 16.6. The zero-order valence-corrected chi connectivity index (χ0v) is 12.0. The normalized spacial score (nSPS) is 17.6. The minimum absolute atomic E-state index is 0.0518. The summed E-state index contributed by atoms with van der Waals surface area (Å²) < 4.78 is 11.1. The van der Waals surface area contributed by atoms with Gasteiger partial charge in [-0.1, -0.05) is 6.07 Å². The maximum Gasteiger partial charge on any atom is 0.257 e. The number of carbonyl (C=O) groups excluding carboxylic acids is 2. The third-order valence-electron chi connectivity index (χ3n) is 3.81. The molecule has 6 heteroatoms. The summed E-state index contributed by atoms with van der Waals surface area (Å²) in [4.78, 5) is 27.5. The Morgan fingerprint density at radius 2 is 1.67 bits per heavy atom. The highest BCUT2D eigenvalue weighted by molar-refractivity contribution is 5.98. The van der Waals surface area contributed by atoms with Gasteiger partial charge >= 0.3 is 0 Å². The number of piperazine rings is 1. The highest BCUT2D eigenvalue weighted by Crippen LogP contribution is 2.34. The number of ether oxygens (including phenoxy) is 2. The molecule has 2 aliphatic heterocycles. The molecule has 1 fully saturated rings. The smallest absolute Gasteiger partial charge is 0.257 e.